The van der Waals surface area contributed by atoms with E-state index in [4.69, 9.17) is 0 Å². The molecule has 12 heavy (non-hydrogen) atoms. The van der Waals surface area contributed by atoms with Gasteiger partial charge in [0.2, 0.25) is 0 Å². The van der Waals surface area contributed by atoms with Crippen molar-refractivity contribution in [3.63, 3.8) is 0 Å². The van der Waals surface area contributed by atoms with Gasteiger partial charge in [-0.25, -0.2) is 0 Å². The molecule has 0 aromatic heterocycles. The number of rotatable bonds is 5. The first kappa shape index (κ1) is 17.9. The van der Waals surface area contributed by atoms with Gasteiger partial charge in [0.1, 0.15) is 0 Å². The van der Waals surface area contributed by atoms with Gasteiger partial charge in [-0.15, -0.1) is 0 Å². The first-order valence-corrected chi connectivity index (χ1v) is 3.93. The van der Waals surface area contributed by atoms with Gasteiger partial charge in [-0.1, -0.05) is 26.7 Å². The minimum absolute atomic E-state index is 0. The SMILES string of the molecule is CCCCC(CC)C(=O)[O-].[O-2].[V+3]. The normalized spacial score (nSPS) is 10.8. The molecular formula is C8H15O3V. The summed E-state index contributed by atoms with van der Waals surface area (Å²) in [6, 6.07) is 0. The van der Waals surface area contributed by atoms with Crippen LogP contribution in [0.5, 0.6) is 0 Å². The van der Waals surface area contributed by atoms with Crippen LogP contribution in [0.25, 0.3) is 0 Å². The number of carboxylic acids is 1. The number of hydrogen-bond donors (Lipinski definition) is 0. The first-order chi connectivity index (χ1) is 4.72. The van der Waals surface area contributed by atoms with Gasteiger partial charge in [0.25, 0.3) is 0 Å². The van der Waals surface area contributed by atoms with Gasteiger partial charge in [-0.2, -0.15) is 0 Å². The van der Waals surface area contributed by atoms with Crippen molar-refractivity contribution in [2.45, 2.75) is 39.5 Å². The van der Waals surface area contributed by atoms with E-state index in [0.29, 0.717) is 6.42 Å². The maximum Gasteiger partial charge on any atom is 3.00 e. The molecule has 3 nitrogen and oxygen atoms in total. The third kappa shape index (κ3) is 8.11. The van der Waals surface area contributed by atoms with Crippen LogP contribution in [0.4, 0.5) is 0 Å². The van der Waals surface area contributed by atoms with Crippen molar-refractivity contribution >= 4 is 5.97 Å². The van der Waals surface area contributed by atoms with E-state index in [1.165, 1.54) is 0 Å². The minimum Gasteiger partial charge on any atom is -2.00 e. The molecule has 0 heterocycles. The smallest absolute Gasteiger partial charge is 2.00 e. The average Bonchev–Trinajstić information content (AvgIpc) is 1.89. The number of aliphatic carboxylic acids is 1. The molecule has 0 N–H and O–H groups in total. The van der Waals surface area contributed by atoms with E-state index in [1.807, 2.05) is 6.92 Å². The Morgan fingerprint density at radius 1 is 1.42 bits per heavy atom. The Labute approximate surface area is 85.7 Å². The topological polar surface area (TPSA) is 68.6 Å². The Balaban J connectivity index is -0.000000405. The van der Waals surface area contributed by atoms with Crippen LogP contribution in [0.2, 0.25) is 0 Å². The van der Waals surface area contributed by atoms with Gasteiger partial charge >= 0.3 is 18.6 Å². The fourth-order valence-electron chi connectivity index (χ4n) is 0.939. The van der Waals surface area contributed by atoms with E-state index in [0.717, 1.165) is 19.3 Å². The van der Waals surface area contributed by atoms with E-state index < -0.39 is 5.97 Å². The third-order valence-electron chi connectivity index (χ3n) is 1.73. The molecule has 0 aromatic carbocycles. The van der Waals surface area contributed by atoms with E-state index in [2.05, 4.69) is 6.92 Å². The van der Waals surface area contributed by atoms with Crippen molar-refractivity contribution in [2.24, 2.45) is 5.92 Å². The molecule has 0 spiro atoms. The zero-order valence-corrected chi connectivity index (χ0v) is 8.97. The Morgan fingerprint density at radius 2 is 1.92 bits per heavy atom. The molecule has 0 aliphatic carbocycles. The largest absolute Gasteiger partial charge is 3.00 e. The van der Waals surface area contributed by atoms with Crippen LogP contribution < -0.4 is 5.11 Å². The maximum absolute atomic E-state index is 10.3. The number of hydrogen-bond acceptors (Lipinski definition) is 2. The van der Waals surface area contributed by atoms with Crippen LogP contribution in [-0.2, 0) is 28.8 Å². The van der Waals surface area contributed by atoms with Crippen LogP contribution in [0, 0.1) is 5.92 Å². The van der Waals surface area contributed by atoms with Gasteiger partial charge < -0.3 is 15.4 Å². The summed E-state index contributed by atoms with van der Waals surface area (Å²) in [6.07, 6.45) is 3.52. The molecule has 0 radical (unpaired) electrons. The van der Waals surface area contributed by atoms with Crippen molar-refractivity contribution < 1.29 is 33.9 Å². The molecule has 0 aliphatic heterocycles. The predicted molar refractivity (Wildman–Crippen MR) is 39.0 cm³/mol. The van der Waals surface area contributed by atoms with Crippen molar-refractivity contribution in [1.29, 1.82) is 0 Å². The monoisotopic (exact) mass is 210 g/mol. The molecule has 0 amide bonds. The van der Waals surface area contributed by atoms with E-state index >= 15 is 0 Å². The molecule has 1 atom stereocenters. The summed E-state index contributed by atoms with van der Waals surface area (Å²) in [5, 5.41) is 10.3. The summed E-state index contributed by atoms with van der Waals surface area (Å²) >= 11 is 0. The summed E-state index contributed by atoms with van der Waals surface area (Å²) in [6.45, 7) is 3.94. The number of carbonyl (C=O) groups excluding carboxylic acids is 1. The summed E-state index contributed by atoms with van der Waals surface area (Å²) in [5.74, 6) is -1.11. The zero-order chi connectivity index (χ0) is 7.98. The maximum atomic E-state index is 10.3. The van der Waals surface area contributed by atoms with Gasteiger partial charge in [0, 0.05) is 5.97 Å². The van der Waals surface area contributed by atoms with Gasteiger partial charge in [0.05, 0.1) is 0 Å². The Morgan fingerprint density at radius 3 is 2.17 bits per heavy atom. The van der Waals surface area contributed by atoms with E-state index in [-0.39, 0.29) is 29.9 Å². The first-order valence-electron chi connectivity index (χ1n) is 3.93. The predicted octanol–water partition coefficient (Wildman–Crippen LogP) is 0.831. The second-order valence-electron chi connectivity index (χ2n) is 2.57. The summed E-state index contributed by atoms with van der Waals surface area (Å²) < 4.78 is 0. The molecule has 0 fully saturated rings. The molecule has 0 bridgehead atoms. The van der Waals surface area contributed by atoms with Crippen molar-refractivity contribution in [1.82, 2.24) is 0 Å². The number of carbonyl (C=O) groups is 1. The van der Waals surface area contributed by atoms with Gasteiger partial charge in [-0.05, 0) is 18.8 Å². The zero-order valence-electron chi connectivity index (χ0n) is 7.58. The van der Waals surface area contributed by atoms with Crippen LogP contribution >= 0.6 is 0 Å². The van der Waals surface area contributed by atoms with Gasteiger partial charge in [0.15, 0.2) is 0 Å². The molecule has 1 unspecified atom stereocenters. The second-order valence-corrected chi connectivity index (χ2v) is 2.57. The molecular weight excluding hydrogens is 195 g/mol. The summed E-state index contributed by atoms with van der Waals surface area (Å²) in [5.41, 5.74) is 0. The minimum atomic E-state index is -0.893. The van der Waals surface area contributed by atoms with Crippen LogP contribution in [0.3, 0.4) is 0 Å². The standard InChI is InChI=1S/C8H16O2.O.V/c1-3-5-6-7(4-2)8(9)10;;/h7H,3-6H2,1-2H3,(H,9,10);;/q;-2;+3/p-1. The molecule has 0 rings (SSSR count). The van der Waals surface area contributed by atoms with E-state index in [1.54, 1.807) is 0 Å². The molecule has 70 valence electrons. The molecule has 0 aromatic rings. The second kappa shape index (κ2) is 11.0. The Kier molecular flexibility index (Phi) is 16.5. The van der Waals surface area contributed by atoms with E-state index in [9.17, 15) is 9.90 Å². The van der Waals surface area contributed by atoms with Crippen LogP contribution in [-0.4, -0.2) is 5.97 Å². The number of unbranched alkanes of at least 4 members (excludes halogenated alkanes) is 1. The van der Waals surface area contributed by atoms with Crippen molar-refractivity contribution in [3.05, 3.63) is 0 Å². The van der Waals surface area contributed by atoms with Crippen molar-refractivity contribution in [2.75, 3.05) is 0 Å². The third-order valence-corrected chi connectivity index (χ3v) is 1.73. The summed E-state index contributed by atoms with van der Waals surface area (Å²) in [4.78, 5) is 10.3. The summed E-state index contributed by atoms with van der Waals surface area (Å²) in [7, 11) is 0. The molecule has 0 saturated heterocycles. The van der Waals surface area contributed by atoms with Crippen LogP contribution in [0.15, 0.2) is 0 Å². The molecule has 0 saturated carbocycles. The fraction of sp³-hybridized carbons (Fsp3) is 0.875. The van der Waals surface area contributed by atoms with Crippen LogP contribution in [0.1, 0.15) is 39.5 Å². The molecule has 4 heteroatoms. The quantitative estimate of drug-likeness (QED) is 0.674. The van der Waals surface area contributed by atoms with Crippen molar-refractivity contribution in [3.8, 4) is 0 Å². The fourth-order valence-corrected chi connectivity index (χ4v) is 0.939. The molecule has 0 aliphatic rings. The average molecular weight is 210 g/mol. The Hall–Kier alpha value is 0.0144. The van der Waals surface area contributed by atoms with Gasteiger partial charge in [-0.3, -0.25) is 0 Å². The number of carboxylic acid groups (broad SMARTS) is 1. The Bertz CT molecular complexity index is 106.